The van der Waals surface area contributed by atoms with Gasteiger partial charge >= 0.3 is 0 Å². The molecule has 35 heavy (non-hydrogen) atoms. The van der Waals surface area contributed by atoms with Crippen molar-refractivity contribution in [3.63, 3.8) is 0 Å². The molecule has 0 fully saturated rings. The third kappa shape index (κ3) is 5.84. The van der Waals surface area contributed by atoms with Crippen LogP contribution in [0.15, 0.2) is 69.2 Å². The maximum atomic E-state index is 13.8. The van der Waals surface area contributed by atoms with E-state index < -0.39 is 22.5 Å². The number of carbonyl (C=O) groups excluding carboxylic acids is 1. The Bertz CT molecular complexity index is 1290. The van der Waals surface area contributed by atoms with Crippen molar-refractivity contribution in [1.29, 1.82) is 0 Å². The Morgan fingerprint density at radius 3 is 2.31 bits per heavy atom. The zero-order chi connectivity index (χ0) is 25.4. The van der Waals surface area contributed by atoms with E-state index in [1.165, 1.54) is 71.2 Å². The molecule has 11 nitrogen and oxygen atoms in total. The van der Waals surface area contributed by atoms with Crippen molar-refractivity contribution < 1.29 is 36.6 Å². The molecule has 1 N–H and O–H groups in total. The van der Waals surface area contributed by atoms with Gasteiger partial charge in [-0.15, -0.1) is 0 Å². The number of ether oxygens (including phenoxy) is 4. The Morgan fingerprint density at radius 1 is 0.971 bits per heavy atom. The second-order valence-corrected chi connectivity index (χ2v) is 8.74. The van der Waals surface area contributed by atoms with Crippen LogP contribution in [0.3, 0.4) is 0 Å². The van der Waals surface area contributed by atoms with E-state index in [9.17, 15) is 13.2 Å². The van der Waals surface area contributed by atoms with E-state index in [0.29, 0.717) is 17.3 Å². The van der Waals surface area contributed by atoms with Crippen molar-refractivity contribution in [2.75, 3.05) is 39.3 Å². The molecule has 12 heteroatoms. The number of anilines is 1. The molecule has 3 aromatic rings. The van der Waals surface area contributed by atoms with Gasteiger partial charge in [0.1, 0.15) is 23.8 Å². The monoisotopic (exact) mass is 503 g/mol. The van der Waals surface area contributed by atoms with Gasteiger partial charge in [-0.3, -0.25) is 9.10 Å². The third-order valence-electron chi connectivity index (χ3n) is 4.81. The maximum Gasteiger partial charge on any atom is 0.265 e. The van der Waals surface area contributed by atoms with Crippen LogP contribution in [0.5, 0.6) is 23.0 Å². The van der Waals surface area contributed by atoms with Gasteiger partial charge in [0.25, 0.3) is 15.9 Å². The normalized spacial score (nSPS) is 11.2. The molecule has 1 aromatic heterocycles. The van der Waals surface area contributed by atoms with Gasteiger partial charge in [-0.05, 0) is 36.4 Å². The van der Waals surface area contributed by atoms with Crippen molar-refractivity contribution in [3.8, 4) is 23.0 Å². The zero-order valence-electron chi connectivity index (χ0n) is 19.5. The number of carbonyl (C=O) groups is 1. The van der Waals surface area contributed by atoms with Crippen molar-refractivity contribution >= 4 is 27.8 Å². The summed E-state index contributed by atoms with van der Waals surface area (Å²) in [5.41, 5.74) is 2.39. The SMILES string of the molecule is COc1ccc(OC)c(N(CC(=O)N/N=C\c2ccco2)S(=O)(=O)c2ccc(OC)c(OC)c2)c1. The third-order valence-corrected chi connectivity index (χ3v) is 6.56. The summed E-state index contributed by atoms with van der Waals surface area (Å²) in [5, 5.41) is 3.81. The number of methoxy groups -OCH3 is 4. The summed E-state index contributed by atoms with van der Waals surface area (Å²) in [4.78, 5) is 12.6. The number of nitrogens with zero attached hydrogens (tertiary/aromatic N) is 2. The quantitative estimate of drug-likeness (QED) is 0.312. The number of hydrazone groups is 1. The van der Waals surface area contributed by atoms with E-state index in [1.807, 2.05) is 0 Å². The highest BCUT2D eigenvalue weighted by Crippen LogP contribution is 2.37. The van der Waals surface area contributed by atoms with Crippen LogP contribution >= 0.6 is 0 Å². The van der Waals surface area contributed by atoms with Gasteiger partial charge in [-0.25, -0.2) is 13.8 Å². The van der Waals surface area contributed by atoms with Gasteiger partial charge in [-0.1, -0.05) is 0 Å². The zero-order valence-corrected chi connectivity index (χ0v) is 20.4. The summed E-state index contributed by atoms with van der Waals surface area (Å²) < 4.78 is 54.6. The number of benzene rings is 2. The van der Waals surface area contributed by atoms with Gasteiger partial charge in [0.05, 0.1) is 51.5 Å². The predicted molar refractivity (Wildman–Crippen MR) is 128 cm³/mol. The molecule has 0 bridgehead atoms. The lowest BCUT2D eigenvalue weighted by atomic mass is 10.2. The van der Waals surface area contributed by atoms with Crippen molar-refractivity contribution in [2.24, 2.45) is 5.10 Å². The average Bonchev–Trinajstić information content (AvgIpc) is 3.39. The van der Waals surface area contributed by atoms with Crippen molar-refractivity contribution in [2.45, 2.75) is 4.90 Å². The highest BCUT2D eigenvalue weighted by atomic mass is 32.2. The Hall–Kier alpha value is -4.19. The number of furan rings is 1. The minimum Gasteiger partial charge on any atom is -0.497 e. The summed E-state index contributed by atoms with van der Waals surface area (Å²) in [7, 11) is 1.35. The van der Waals surface area contributed by atoms with Crippen LogP contribution in [-0.4, -0.2) is 55.5 Å². The first-order valence-electron chi connectivity index (χ1n) is 10.2. The minimum absolute atomic E-state index is 0.0896. The average molecular weight is 504 g/mol. The first kappa shape index (κ1) is 25.4. The highest BCUT2D eigenvalue weighted by molar-refractivity contribution is 7.92. The van der Waals surface area contributed by atoms with Gasteiger partial charge in [0.2, 0.25) is 0 Å². The molecule has 0 aliphatic heterocycles. The molecule has 0 saturated carbocycles. The molecule has 0 aliphatic rings. The summed E-state index contributed by atoms with van der Waals surface area (Å²) in [6, 6.07) is 12.0. The fourth-order valence-corrected chi connectivity index (χ4v) is 4.53. The van der Waals surface area contributed by atoms with Crippen LogP contribution in [0.25, 0.3) is 0 Å². The molecule has 2 aromatic carbocycles. The van der Waals surface area contributed by atoms with E-state index >= 15 is 0 Å². The predicted octanol–water partition coefficient (Wildman–Crippen LogP) is 2.66. The smallest absolute Gasteiger partial charge is 0.265 e. The Balaban J connectivity index is 2.03. The first-order valence-corrected chi connectivity index (χ1v) is 11.6. The number of hydrogen-bond donors (Lipinski definition) is 1. The Labute approximate surface area is 202 Å². The van der Waals surface area contributed by atoms with Crippen LogP contribution in [0.4, 0.5) is 5.69 Å². The fraction of sp³-hybridized carbons (Fsp3) is 0.217. The molecule has 1 heterocycles. The Kier molecular flexibility index (Phi) is 8.21. The van der Waals surface area contributed by atoms with E-state index in [2.05, 4.69) is 10.5 Å². The van der Waals surface area contributed by atoms with Gasteiger partial charge in [0, 0.05) is 12.1 Å². The summed E-state index contributed by atoms with van der Waals surface area (Å²) in [6.07, 6.45) is 2.74. The number of nitrogens with one attached hydrogen (secondary N) is 1. The van der Waals surface area contributed by atoms with Crippen molar-refractivity contribution in [3.05, 3.63) is 60.6 Å². The molecule has 0 radical (unpaired) electrons. The first-order chi connectivity index (χ1) is 16.8. The van der Waals surface area contributed by atoms with E-state index in [1.54, 1.807) is 18.2 Å². The summed E-state index contributed by atoms with van der Waals surface area (Å²) in [5.74, 6) is 0.836. The van der Waals surface area contributed by atoms with E-state index in [-0.39, 0.29) is 22.1 Å². The number of rotatable bonds is 11. The molecular formula is C23H25N3O8S. The van der Waals surface area contributed by atoms with Crippen LogP contribution in [-0.2, 0) is 14.8 Å². The lowest BCUT2D eigenvalue weighted by Gasteiger charge is -2.26. The van der Waals surface area contributed by atoms with Gasteiger partial charge < -0.3 is 23.4 Å². The highest BCUT2D eigenvalue weighted by Gasteiger charge is 2.31. The molecule has 3 rings (SSSR count). The second-order valence-electron chi connectivity index (χ2n) is 6.87. The molecule has 1 amide bonds. The topological polar surface area (TPSA) is 129 Å². The fourth-order valence-electron chi connectivity index (χ4n) is 3.09. The standard InChI is InChI=1S/C23H25N3O8S/c1-30-16-7-9-20(31-2)19(12-16)26(15-23(27)25-24-14-17-6-5-11-34-17)35(28,29)18-8-10-21(32-3)22(13-18)33-4/h5-14H,15H2,1-4H3,(H,25,27)/b24-14-. The van der Waals surface area contributed by atoms with Crippen LogP contribution < -0.4 is 28.7 Å². The lowest BCUT2D eigenvalue weighted by Crippen LogP contribution is -2.39. The Morgan fingerprint density at radius 2 is 1.69 bits per heavy atom. The van der Waals surface area contributed by atoms with E-state index in [0.717, 1.165) is 4.31 Å². The molecule has 0 saturated heterocycles. The molecular weight excluding hydrogens is 478 g/mol. The molecule has 0 spiro atoms. The van der Waals surface area contributed by atoms with Gasteiger partial charge in [-0.2, -0.15) is 5.10 Å². The van der Waals surface area contributed by atoms with E-state index in [4.69, 9.17) is 23.4 Å². The number of hydrogen-bond acceptors (Lipinski definition) is 9. The van der Waals surface area contributed by atoms with Crippen molar-refractivity contribution in [1.82, 2.24) is 5.43 Å². The molecule has 0 atom stereocenters. The maximum absolute atomic E-state index is 13.8. The summed E-state index contributed by atoms with van der Waals surface area (Å²) in [6.45, 7) is -0.615. The molecule has 0 aliphatic carbocycles. The number of sulfonamides is 1. The van der Waals surface area contributed by atoms with Gasteiger partial charge in [0.15, 0.2) is 11.5 Å². The van der Waals surface area contributed by atoms with Crippen LogP contribution in [0.1, 0.15) is 5.76 Å². The van der Waals surface area contributed by atoms with Crippen LogP contribution in [0.2, 0.25) is 0 Å². The molecule has 186 valence electrons. The van der Waals surface area contributed by atoms with Crippen LogP contribution in [0, 0.1) is 0 Å². The largest absolute Gasteiger partial charge is 0.497 e. The second kappa shape index (κ2) is 11.3. The lowest BCUT2D eigenvalue weighted by molar-refractivity contribution is -0.119. The summed E-state index contributed by atoms with van der Waals surface area (Å²) >= 11 is 0. The number of amides is 1. The molecule has 0 unspecified atom stereocenters. The minimum atomic E-state index is -4.30.